The molecule has 21 heavy (non-hydrogen) atoms. The molecule has 0 spiro atoms. The Balaban J connectivity index is 2.12. The molecule has 1 nitrogen and oxygen atoms in total. The molecule has 2 heteroatoms. The maximum Gasteiger partial charge on any atom is 0.123 e. The average molecular weight is 291 g/mol. The molecule has 1 N–H and O–H groups in total. The van der Waals surface area contributed by atoms with Crippen LogP contribution in [0.1, 0.15) is 63.6 Å². The first-order valence-electron chi connectivity index (χ1n) is 8.51. The lowest BCUT2D eigenvalue weighted by Gasteiger charge is -2.36. The minimum atomic E-state index is -0.108. The molecule has 1 aromatic carbocycles. The van der Waals surface area contributed by atoms with E-state index in [-0.39, 0.29) is 5.82 Å². The van der Waals surface area contributed by atoms with Gasteiger partial charge in [0, 0.05) is 6.04 Å². The smallest absolute Gasteiger partial charge is 0.123 e. The van der Waals surface area contributed by atoms with Gasteiger partial charge in [0.15, 0.2) is 0 Å². The molecule has 1 aromatic rings. The molecule has 1 saturated carbocycles. The van der Waals surface area contributed by atoms with Crippen LogP contribution in [0.5, 0.6) is 0 Å². The molecule has 1 unspecified atom stereocenters. The largest absolute Gasteiger partial charge is 0.310 e. The lowest BCUT2D eigenvalue weighted by Crippen LogP contribution is -2.32. The third kappa shape index (κ3) is 4.29. The second-order valence-corrected chi connectivity index (χ2v) is 7.02. The van der Waals surface area contributed by atoms with Crippen molar-refractivity contribution in [3.8, 4) is 0 Å². The lowest BCUT2D eigenvalue weighted by atomic mass is 9.73. The molecule has 1 atom stereocenters. The van der Waals surface area contributed by atoms with Crippen molar-refractivity contribution >= 4 is 0 Å². The third-order valence-electron chi connectivity index (χ3n) is 5.08. The van der Waals surface area contributed by atoms with Gasteiger partial charge in [0.2, 0.25) is 0 Å². The van der Waals surface area contributed by atoms with Crippen molar-refractivity contribution in [1.82, 2.24) is 5.32 Å². The number of benzene rings is 1. The number of hydrogen-bond acceptors (Lipinski definition) is 1. The first-order valence-corrected chi connectivity index (χ1v) is 8.51. The second kappa shape index (κ2) is 7.40. The van der Waals surface area contributed by atoms with Crippen molar-refractivity contribution in [3.05, 3.63) is 35.1 Å². The summed E-state index contributed by atoms with van der Waals surface area (Å²) in [6.45, 7) is 9.72. The quantitative estimate of drug-likeness (QED) is 0.781. The van der Waals surface area contributed by atoms with Crippen LogP contribution in [-0.4, -0.2) is 6.54 Å². The van der Waals surface area contributed by atoms with Gasteiger partial charge in [0.25, 0.3) is 0 Å². The van der Waals surface area contributed by atoms with E-state index in [1.807, 2.05) is 6.92 Å². The molecule has 0 radical (unpaired) electrons. The van der Waals surface area contributed by atoms with Crippen LogP contribution in [0.2, 0.25) is 0 Å². The summed E-state index contributed by atoms with van der Waals surface area (Å²) < 4.78 is 13.7. The van der Waals surface area contributed by atoms with Crippen molar-refractivity contribution in [2.75, 3.05) is 6.54 Å². The van der Waals surface area contributed by atoms with Gasteiger partial charge >= 0.3 is 0 Å². The lowest BCUT2D eigenvalue weighted by molar-refractivity contribution is 0.189. The van der Waals surface area contributed by atoms with Gasteiger partial charge in [-0.1, -0.05) is 26.8 Å². The molecule has 1 aliphatic rings. The standard InChI is InChI=1S/C19H30FN/c1-5-21-19(17-10-14(4)11-18(20)12-17)16-8-6-15(7-9-16)13(2)3/h10-13,15-16,19,21H,5-9H2,1-4H3. The highest BCUT2D eigenvalue weighted by Crippen LogP contribution is 2.39. The van der Waals surface area contributed by atoms with Gasteiger partial charge in [0.05, 0.1) is 0 Å². The number of rotatable bonds is 5. The Kier molecular flexibility index (Phi) is 5.80. The van der Waals surface area contributed by atoms with E-state index in [0.717, 1.165) is 29.5 Å². The average Bonchev–Trinajstić information content (AvgIpc) is 2.44. The van der Waals surface area contributed by atoms with Crippen LogP contribution in [0.15, 0.2) is 18.2 Å². The third-order valence-corrected chi connectivity index (χ3v) is 5.08. The van der Waals surface area contributed by atoms with Gasteiger partial charge in [-0.15, -0.1) is 0 Å². The summed E-state index contributed by atoms with van der Waals surface area (Å²) in [6.07, 6.45) is 5.16. The molecule has 0 bridgehead atoms. The Morgan fingerprint density at radius 2 is 1.71 bits per heavy atom. The van der Waals surface area contributed by atoms with Crippen LogP contribution in [-0.2, 0) is 0 Å². The molecule has 0 aromatic heterocycles. The van der Waals surface area contributed by atoms with E-state index in [0.29, 0.717) is 12.0 Å². The molecular formula is C19H30FN. The summed E-state index contributed by atoms with van der Waals surface area (Å²) in [5.74, 6) is 2.20. The predicted octanol–water partition coefficient (Wildman–Crippen LogP) is 5.25. The SMILES string of the molecule is CCNC(c1cc(C)cc(F)c1)C1CCC(C(C)C)CC1. The summed E-state index contributed by atoms with van der Waals surface area (Å²) in [4.78, 5) is 0. The van der Waals surface area contributed by atoms with Gasteiger partial charge < -0.3 is 5.32 Å². The zero-order valence-electron chi connectivity index (χ0n) is 14.0. The highest BCUT2D eigenvalue weighted by Gasteiger charge is 2.29. The normalized spacial score (nSPS) is 24.3. The highest BCUT2D eigenvalue weighted by atomic mass is 19.1. The summed E-state index contributed by atoms with van der Waals surface area (Å²) in [5, 5.41) is 3.60. The van der Waals surface area contributed by atoms with Crippen LogP contribution in [0, 0.1) is 30.5 Å². The fraction of sp³-hybridized carbons (Fsp3) is 0.684. The van der Waals surface area contributed by atoms with Crippen molar-refractivity contribution in [2.24, 2.45) is 17.8 Å². The van der Waals surface area contributed by atoms with E-state index < -0.39 is 0 Å². The van der Waals surface area contributed by atoms with Gasteiger partial charge in [-0.2, -0.15) is 0 Å². The van der Waals surface area contributed by atoms with Crippen LogP contribution in [0.4, 0.5) is 4.39 Å². The fourth-order valence-corrected chi connectivity index (χ4v) is 3.87. The van der Waals surface area contributed by atoms with Gasteiger partial charge in [0.1, 0.15) is 5.82 Å². The van der Waals surface area contributed by atoms with E-state index >= 15 is 0 Å². The van der Waals surface area contributed by atoms with Gasteiger partial charge in [-0.3, -0.25) is 0 Å². The zero-order chi connectivity index (χ0) is 15.4. The highest BCUT2D eigenvalue weighted by molar-refractivity contribution is 5.27. The Labute approximate surface area is 129 Å². The van der Waals surface area contributed by atoms with E-state index in [1.54, 1.807) is 12.1 Å². The molecule has 2 rings (SSSR count). The fourth-order valence-electron chi connectivity index (χ4n) is 3.87. The van der Waals surface area contributed by atoms with Crippen molar-refractivity contribution in [2.45, 2.75) is 59.4 Å². The summed E-state index contributed by atoms with van der Waals surface area (Å²) >= 11 is 0. The van der Waals surface area contributed by atoms with Crippen LogP contribution < -0.4 is 5.32 Å². The second-order valence-electron chi connectivity index (χ2n) is 7.02. The van der Waals surface area contributed by atoms with Gasteiger partial charge in [-0.05, 0) is 80.2 Å². The molecule has 0 saturated heterocycles. The predicted molar refractivity (Wildman–Crippen MR) is 87.8 cm³/mol. The summed E-state index contributed by atoms with van der Waals surface area (Å²) in [7, 11) is 0. The first-order chi connectivity index (χ1) is 10.0. The number of halogens is 1. The molecule has 0 aliphatic heterocycles. The minimum Gasteiger partial charge on any atom is -0.310 e. The van der Waals surface area contributed by atoms with Crippen LogP contribution >= 0.6 is 0 Å². The Morgan fingerprint density at radius 1 is 1.10 bits per heavy atom. The van der Waals surface area contributed by atoms with Crippen molar-refractivity contribution in [3.63, 3.8) is 0 Å². The summed E-state index contributed by atoms with van der Waals surface area (Å²) in [5.41, 5.74) is 2.14. The van der Waals surface area contributed by atoms with Crippen molar-refractivity contribution < 1.29 is 4.39 Å². The zero-order valence-corrected chi connectivity index (χ0v) is 14.0. The maximum atomic E-state index is 13.7. The number of hydrogen-bond donors (Lipinski definition) is 1. The molecule has 1 fully saturated rings. The van der Waals surface area contributed by atoms with Crippen molar-refractivity contribution in [1.29, 1.82) is 0 Å². The van der Waals surface area contributed by atoms with E-state index in [9.17, 15) is 4.39 Å². The van der Waals surface area contributed by atoms with Crippen LogP contribution in [0.3, 0.4) is 0 Å². The Hall–Kier alpha value is -0.890. The molecule has 118 valence electrons. The number of aryl methyl sites for hydroxylation is 1. The summed E-state index contributed by atoms with van der Waals surface area (Å²) in [6, 6.07) is 5.78. The van der Waals surface area contributed by atoms with Crippen LogP contribution in [0.25, 0.3) is 0 Å². The molecule has 0 heterocycles. The van der Waals surface area contributed by atoms with E-state index in [4.69, 9.17) is 0 Å². The molecular weight excluding hydrogens is 261 g/mol. The Bertz CT molecular complexity index is 427. The monoisotopic (exact) mass is 291 g/mol. The molecule has 1 aliphatic carbocycles. The van der Waals surface area contributed by atoms with Gasteiger partial charge in [-0.25, -0.2) is 4.39 Å². The van der Waals surface area contributed by atoms with E-state index in [2.05, 4.69) is 32.2 Å². The van der Waals surface area contributed by atoms with E-state index in [1.165, 1.54) is 25.7 Å². The minimum absolute atomic E-state index is 0.108. The molecule has 0 amide bonds. The topological polar surface area (TPSA) is 12.0 Å². The number of nitrogens with one attached hydrogen (secondary N) is 1. The maximum absolute atomic E-state index is 13.7. The Morgan fingerprint density at radius 3 is 2.24 bits per heavy atom. The first kappa shape index (κ1) is 16.5.